The van der Waals surface area contributed by atoms with Crippen molar-refractivity contribution >= 4 is 21.6 Å². The number of aromatic nitrogens is 1. The Kier molecular flexibility index (Phi) is 5.62. The van der Waals surface area contributed by atoms with E-state index in [4.69, 9.17) is 16.3 Å². The van der Waals surface area contributed by atoms with Gasteiger partial charge < -0.3 is 4.74 Å². The van der Waals surface area contributed by atoms with E-state index in [1.54, 1.807) is 7.11 Å². The quantitative estimate of drug-likeness (QED) is 0.807. The van der Waals surface area contributed by atoms with Crippen LogP contribution in [0.4, 0.5) is 0 Å². The molecule has 7 heteroatoms. The van der Waals surface area contributed by atoms with Crippen LogP contribution in [0.25, 0.3) is 0 Å². The first-order valence-corrected chi connectivity index (χ1v) is 8.97. The average Bonchev–Trinajstić information content (AvgIpc) is 2.53. The van der Waals surface area contributed by atoms with Crippen molar-refractivity contribution < 1.29 is 13.2 Å². The number of nitrogens with zero attached hydrogens (tertiary/aromatic N) is 1. The fourth-order valence-electron chi connectivity index (χ4n) is 2.16. The van der Waals surface area contributed by atoms with Crippen LogP contribution in [0.2, 0.25) is 5.15 Å². The van der Waals surface area contributed by atoms with Crippen LogP contribution < -0.4 is 9.46 Å². The molecule has 1 N–H and O–H groups in total. The predicted molar refractivity (Wildman–Crippen MR) is 90.1 cm³/mol. The molecule has 0 fully saturated rings. The number of halogens is 1. The fraction of sp³-hybridized carbons (Fsp3) is 0.312. The van der Waals surface area contributed by atoms with Gasteiger partial charge in [-0.25, -0.2) is 18.1 Å². The number of rotatable bonds is 6. The maximum absolute atomic E-state index is 12.5. The first kappa shape index (κ1) is 17.7. The van der Waals surface area contributed by atoms with Crippen molar-refractivity contribution in [3.8, 4) is 5.75 Å². The number of hydrogen-bond acceptors (Lipinski definition) is 4. The Balaban J connectivity index is 2.29. The van der Waals surface area contributed by atoms with E-state index in [-0.39, 0.29) is 22.0 Å². The van der Waals surface area contributed by atoms with Gasteiger partial charge in [0.15, 0.2) is 0 Å². The van der Waals surface area contributed by atoms with E-state index >= 15 is 0 Å². The molecule has 1 heterocycles. The standard InChI is InChI=1S/C16H19ClN2O3S/c1-11(2)16(12-4-6-13(22-3)7-5-12)19-23(20,21)14-8-9-15(17)18-10-14/h4-11,16,19H,1-3H3/t16-/m1/s1. The summed E-state index contributed by atoms with van der Waals surface area (Å²) in [6.45, 7) is 3.91. The van der Waals surface area contributed by atoms with E-state index < -0.39 is 10.0 Å². The van der Waals surface area contributed by atoms with Crippen LogP contribution in [0.1, 0.15) is 25.5 Å². The van der Waals surface area contributed by atoms with Crippen LogP contribution in [0.3, 0.4) is 0 Å². The molecule has 0 saturated heterocycles. The Morgan fingerprint density at radius 1 is 1.13 bits per heavy atom. The molecule has 124 valence electrons. The van der Waals surface area contributed by atoms with Gasteiger partial charge in [0.05, 0.1) is 7.11 Å². The van der Waals surface area contributed by atoms with Gasteiger partial charge in [0.2, 0.25) is 10.0 Å². The zero-order chi connectivity index (χ0) is 17.0. The number of nitrogens with one attached hydrogen (secondary N) is 1. The number of benzene rings is 1. The minimum atomic E-state index is -3.69. The Hall–Kier alpha value is -1.63. The van der Waals surface area contributed by atoms with E-state index in [9.17, 15) is 8.42 Å². The lowest BCUT2D eigenvalue weighted by molar-refractivity contribution is 0.413. The summed E-state index contributed by atoms with van der Waals surface area (Å²) in [5, 5.41) is 0.250. The lowest BCUT2D eigenvalue weighted by Crippen LogP contribution is -2.31. The minimum absolute atomic E-state index is 0.0680. The monoisotopic (exact) mass is 354 g/mol. The lowest BCUT2D eigenvalue weighted by Gasteiger charge is -2.23. The van der Waals surface area contributed by atoms with Crippen LogP contribution in [0.5, 0.6) is 5.75 Å². The number of pyridine rings is 1. The molecule has 2 rings (SSSR count). The van der Waals surface area contributed by atoms with Crippen LogP contribution >= 0.6 is 11.6 Å². The molecule has 23 heavy (non-hydrogen) atoms. The maximum Gasteiger partial charge on any atom is 0.242 e. The minimum Gasteiger partial charge on any atom is -0.497 e. The molecule has 1 aromatic heterocycles. The van der Waals surface area contributed by atoms with Gasteiger partial charge in [-0.05, 0) is 35.7 Å². The molecule has 0 aliphatic carbocycles. The van der Waals surface area contributed by atoms with Crippen LogP contribution in [0, 0.1) is 5.92 Å². The Bertz CT molecular complexity index is 744. The molecule has 0 unspecified atom stereocenters. The zero-order valence-electron chi connectivity index (χ0n) is 13.2. The number of methoxy groups -OCH3 is 1. The zero-order valence-corrected chi connectivity index (χ0v) is 14.7. The third-order valence-corrected chi connectivity index (χ3v) is 5.08. The summed E-state index contributed by atoms with van der Waals surface area (Å²) < 4.78 is 32.9. The second-order valence-corrected chi connectivity index (χ2v) is 7.53. The van der Waals surface area contributed by atoms with Gasteiger partial charge in [0, 0.05) is 12.2 Å². The van der Waals surface area contributed by atoms with E-state index in [1.807, 2.05) is 38.1 Å². The van der Waals surface area contributed by atoms with Crippen molar-refractivity contribution in [2.24, 2.45) is 5.92 Å². The van der Waals surface area contributed by atoms with E-state index in [2.05, 4.69) is 9.71 Å². The summed E-state index contributed by atoms with van der Waals surface area (Å²) in [7, 11) is -2.10. The maximum atomic E-state index is 12.5. The summed E-state index contributed by atoms with van der Waals surface area (Å²) in [6.07, 6.45) is 1.25. The second kappa shape index (κ2) is 7.29. The van der Waals surface area contributed by atoms with Crippen molar-refractivity contribution in [3.05, 3.63) is 53.3 Å². The summed E-state index contributed by atoms with van der Waals surface area (Å²) in [6, 6.07) is 9.85. The summed E-state index contributed by atoms with van der Waals surface area (Å²) >= 11 is 5.70. The molecule has 0 saturated carbocycles. The normalized spacial score (nSPS) is 13.1. The highest BCUT2D eigenvalue weighted by atomic mass is 35.5. The predicted octanol–water partition coefficient (Wildman–Crippen LogP) is 3.42. The van der Waals surface area contributed by atoms with E-state index in [1.165, 1.54) is 18.3 Å². The molecule has 0 spiro atoms. The molecule has 0 aliphatic rings. The average molecular weight is 355 g/mol. The van der Waals surface area contributed by atoms with Crippen molar-refractivity contribution in [2.45, 2.75) is 24.8 Å². The first-order chi connectivity index (χ1) is 10.8. The summed E-state index contributed by atoms with van der Waals surface area (Å²) in [4.78, 5) is 3.91. The molecular formula is C16H19ClN2O3S. The molecule has 0 amide bonds. The van der Waals surface area contributed by atoms with Crippen molar-refractivity contribution in [2.75, 3.05) is 7.11 Å². The molecule has 0 aliphatic heterocycles. The van der Waals surface area contributed by atoms with Crippen LogP contribution in [-0.2, 0) is 10.0 Å². The topological polar surface area (TPSA) is 68.3 Å². The van der Waals surface area contributed by atoms with Crippen LogP contribution in [-0.4, -0.2) is 20.5 Å². The summed E-state index contributed by atoms with van der Waals surface area (Å²) in [5.41, 5.74) is 0.867. The Morgan fingerprint density at radius 3 is 2.26 bits per heavy atom. The fourth-order valence-corrected chi connectivity index (χ4v) is 3.59. The van der Waals surface area contributed by atoms with Gasteiger partial charge in [0.1, 0.15) is 15.8 Å². The van der Waals surface area contributed by atoms with Crippen molar-refractivity contribution in [1.29, 1.82) is 0 Å². The van der Waals surface area contributed by atoms with Gasteiger partial charge in [-0.3, -0.25) is 0 Å². The smallest absolute Gasteiger partial charge is 0.242 e. The van der Waals surface area contributed by atoms with E-state index in [0.29, 0.717) is 0 Å². The number of sulfonamides is 1. The van der Waals surface area contributed by atoms with Gasteiger partial charge in [0.25, 0.3) is 0 Å². The highest BCUT2D eigenvalue weighted by Crippen LogP contribution is 2.26. The molecule has 2 aromatic rings. The molecule has 0 bridgehead atoms. The number of hydrogen-bond donors (Lipinski definition) is 1. The second-order valence-electron chi connectivity index (χ2n) is 5.43. The van der Waals surface area contributed by atoms with E-state index in [0.717, 1.165) is 11.3 Å². The Morgan fingerprint density at radius 2 is 1.78 bits per heavy atom. The third-order valence-electron chi connectivity index (χ3n) is 3.43. The largest absolute Gasteiger partial charge is 0.497 e. The van der Waals surface area contributed by atoms with Gasteiger partial charge in [-0.15, -0.1) is 0 Å². The third kappa shape index (κ3) is 4.43. The van der Waals surface area contributed by atoms with Crippen molar-refractivity contribution in [3.63, 3.8) is 0 Å². The Labute approximate surface area is 141 Å². The molecule has 1 atom stereocenters. The van der Waals surface area contributed by atoms with Gasteiger partial charge >= 0.3 is 0 Å². The van der Waals surface area contributed by atoms with Crippen LogP contribution in [0.15, 0.2) is 47.5 Å². The van der Waals surface area contributed by atoms with Crippen molar-refractivity contribution in [1.82, 2.24) is 9.71 Å². The molecule has 0 radical (unpaired) electrons. The SMILES string of the molecule is COc1ccc([C@H](NS(=O)(=O)c2ccc(Cl)nc2)C(C)C)cc1. The molecular weight excluding hydrogens is 336 g/mol. The number of ether oxygens (including phenoxy) is 1. The van der Waals surface area contributed by atoms with Gasteiger partial charge in [-0.1, -0.05) is 37.6 Å². The lowest BCUT2D eigenvalue weighted by atomic mass is 9.97. The first-order valence-electron chi connectivity index (χ1n) is 7.11. The summed E-state index contributed by atoms with van der Waals surface area (Å²) in [5.74, 6) is 0.791. The highest BCUT2D eigenvalue weighted by molar-refractivity contribution is 7.89. The van der Waals surface area contributed by atoms with Gasteiger partial charge in [-0.2, -0.15) is 0 Å². The highest BCUT2D eigenvalue weighted by Gasteiger charge is 2.24. The molecule has 1 aromatic carbocycles. The molecule has 5 nitrogen and oxygen atoms in total.